The van der Waals surface area contributed by atoms with Gasteiger partial charge in [-0.25, -0.2) is 0 Å². The molecule has 0 saturated carbocycles. The average molecular weight is 249 g/mol. The molecule has 0 aliphatic heterocycles. The van der Waals surface area contributed by atoms with Crippen LogP contribution in [0.3, 0.4) is 0 Å². The van der Waals surface area contributed by atoms with Gasteiger partial charge >= 0.3 is 0 Å². The van der Waals surface area contributed by atoms with Crippen LogP contribution in [0.2, 0.25) is 0 Å². The van der Waals surface area contributed by atoms with Gasteiger partial charge in [0.1, 0.15) is 11.9 Å². The summed E-state index contributed by atoms with van der Waals surface area (Å²) in [6.07, 6.45) is 7.00. The van der Waals surface area contributed by atoms with Gasteiger partial charge in [-0.05, 0) is 30.2 Å². The zero-order chi connectivity index (χ0) is 13.1. The molecule has 0 amide bonds. The fraction of sp³-hybridized carbons (Fsp3) is 0.143. The van der Waals surface area contributed by atoms with Crippen molar-refractivity contribution < 1.29 is 0 Å². The Balaban J connectivity index is 1.87. The third-order valence-corrected chi connectivity index (χ3v) is 2.96. The summed E-state index contributed by atoms with van der Waals surface area (Å²) in [5.74, 6) is 0.857. The zero-order valence-corrected chi connectivity index (χ0v) is 10.2. The fourth-order valence-corrected chi connectivity index (χ4v) is 1.98. The Morgan fingerprint density at radius 2 is 2.11 bits per heavy atom. The van der Waals surface area contributed by atoms with Crippen molar-refractivity contribution in [2.45, 2.75) is 12.8 Å². The van der Waals surface area contributed by atoms with E-state index in [1.165, 1.54) is 0 Å². The number of hydrogen-bond donors (Lipinski definition) is 0. The van der Waals surface area contributed by atoms with Gasteiger partial charge in [-0.1, -0.05) is 6.07 Å². The van der Waals surface area contributed by atoms with Crippen molar-refractivity contribution in [2.24, 2.45) is 0 Å². The number of rotatable bonds is 3. The number of aryl methyl sites for hydroxylation is 2. The number of nitrogens with zero attached hydrogens (tertiary/aromatic N) is 5. The summed E-state index contributed by atoms with van der Waals surface area (Å²) in [6.45, 7) is 0. The van der Waals surface area contributed by atoms with Crippen LogP contribution < -0.4 is 0 Å². The number of aromatic nitrogens is 4. The third kappa shape index (κ3) is 2.29. The van der Waals surface area contributed by atoms with Crippen LogP contribution in [0.1, 0.15) is 17.0 Å². The van der Waals surface area contributed by atoms with Gasteiger partial charge in [0, 0.05) is 25.0 Å². The predicted molar refractivity (Wildman–Crippen MR) is 69.3 cm³/mol. The Bertz CT molecular complexity index is 739. The number of fused-ring (bicyclic) bond motifs is 1. The van der Waals surface area contributed by atoms with Crippen LogP contribution in [0.4, 0.5) is 0 Å². The molecule has 5 heteroatoms. The van der Waals surface area contributed by atoms with Gasteiger partial charge in [0.05, 0.1) is 5.56 Å². The van der Waals surface area contributed by atoms with Crippen LogP contribution in [0.5, 0.6) is 0 Å². The van der Waals surface area contributed by atoms with Gasteiger partial charge in [0.25, 0.3) is 0 Å². The van der Waals surface area contributed by atoms with Crippen molar-refractivity contribution >= 4 is 5.65 Å². The maximum atomic E-state index is 8.92. The Kier molecular flexibility index (Phi) is 2.91. The normalized spacial score (nSPS) is 10.5. The molecule has 0 spiro atoms. The fourth-order valence-electron chi connectivity index (χ4n) is 1.98. The molecule has 0 radical (unpaired) electrons. The van der Waals surface area contributed by atoms with Crippen LogP contribution in [0.15, 0.2) is 42.9 Å². The van der Waals surface area contributed by atoms with Crippen LogP contribution in [0, 0.1) is 11.3 Å². The highest BCUT2D eigenvalue weighted by Crippen LogP contribution is 2.09. The maximum Gasteiger partial charge on any atom is 0.160 e. The lowest BCUT2D eigenvalue weighted by Gasteiger charge is -2.00. The van der Waals surface area contributed by atoms with Gasteiger partial charge < -0.3 is 0 Å². The predicted octanol–water partition coefficient (Wildman–Crippen LogP) is 1.78. The lowest BCUT2D eigenvalue weighted by Crippen LogP contribution is -1.98. The molecule has 0 aliphatic rings. The lowest BCUT2D eigenvalue weighted by molar-refractivity contribution is 0.835. The van der Waals surface area contributed by atoms with Gasteiger partial charge in [-0.3, -0.25) is 9.38 Å². The van der Waals surface area contributed by atoms with E-state index < -0.39 is 0 Å². The molecule has 0 fully saturated rings. The third-order valence-electron chi connectivity index (χ3n) is 2.96. The van der Waals surface area contributed by atoms with E-state index >= 15 is 0 Å². The molecule has 3 aromatic rings. The highest BCUT2D eigenvalue weighted by Gasteiger charge is 2.06. The lowest BCUT2D eigenvalue weighted by atomic mass is 10.1. The van der Waals surface area contributed by atoms with Crippen molar-refractivity contribution in [3.05, 3.63) is 59.8 Å². The van der Waals surface area contributed by atoms with E-state index in [0.29, 0.717) is 5.56 Å². The largest absolute Gasteiger partial charge is 0.285 e. The van der Waals surface area contributed by atoms with E-state index in [0.717, 1.165) is 29.9 Å². The minimum atomic E-state index is 0.606. The summed E-state index contributed by atoms with van der Waals surface area (Å²) in [4.78, 5) is 4.09. The molecule has 3 rings (SSSR count). The second-order valence-electron chi connectivity index (χ2n) is 4.24. The molecule has 3 heterocycles. The Labute approximate surface area is 110 Å². The first-order valence-electron chi connectivity index (χ1n) is 5.99. The summed E-state index contributed by atoms with van der Waals surface area (Å²) in [6, 6.07) is 9.63. The maximum absolute atomic E-state index is 8.92. The smallest absolute Gasteiger partial charge is 0.160 e. The average Bonchev–Trinajstić information content (AvgIpc) is 2.88. The molecular weight excluding hydrogens is 238 g/mol. The van der Waals surface area contributed by atoms with E-state index in [9.17, 15) is 0 Å². The van der Waals surface area contributed by atoms with Crippen molar-refractivity contribution in [3.8, 4) is 6.07 Å². The van der Waals surface area contributed by atoms with Crippen LogP contribution in [0.25, 0.3) is 5.65 Å². The van der Waals surface area contributed by atoms with Gasteiger partial charge in [-0.2, -0.15) is 5.26 Å². The summed E-state index contributed by atoms with van der Waals surface area (Å²) in [5.41, 5.74) is 2.53. The molecule has 92 valence electrons. The number of nitriles is 1. The molecule has 3 aromatic heterocycles. The first kappa shape index (κ1) is 11.4. The van der Waals surface area contributed by atoms with Gasteiger partial charge in [-0.15, -0.1) is 10.2 Å². The minimum Gasteiger partial charge on any atom is -0.285 e. The van der Waals surface area contributed by atoms with E-state index in [-0.39, 0.29) is 0 Å². The van der Waals surface area contributed by atoms with E-state index in [1.807, 2.05) is 22.7 Å². The van der Waals surface area contributed by atoms with Gasteiger partial charge in [0.15, 0.2) is 5.65 Å². The Morgan fingerprint density at radius 1 is 1.16 bits per heavy atom. The molecular formula is C14H11N5. The minimum absolute atomic E-state index is 0.606. The molecule has 5 nitrogen and oxygen atoms in total. The molecule has 0 N–H and O–H groups in total. The summed E-state index contributed by atoms with van der Waals surface area (Å²) in [7, 11) is 0. The monoisotopic (exact) mass is 249 g/mol. The van der Waals surface area contributed by atoms with Crippen LogP contribution in [-0.4, -0.2) is 19.6 Å². The molecule has 19 heavy (non-hydrogen) atoms. The first-order chi connectivity index (χ1) is 9.36. The molecule has 0 atom stereocenters. The zero-order valence-electron chi connectivity index (χ0n) is 10.2. The topological polar surface area (TPSA) is 66.9 Å². The highest BCUT2D eigenvalue weighted by atomic mass is 15.2. The Morgan fingerprint density at radius 3 is 2.89 bits per heavy atom. The molecule has 0 bridgehead atoms. The van der Waals surface area contributed by atoms with E-state index in [2.05, 4.69) is 21.3 Å². The van der Waals surface area contributed by atoms with E-state index in [4.69, 9.17) is 5.26 Å². The second-order valence-corrected chi connectivity index (χ2v) is 4.24. The van der Waals surface area contributed by atoms with Gasteiger partial charge in [0.2, 0.25) is 0 Å². The van der Waals surface area contributed by atoms with Crippen LogP contribution in [-0.2, 0) is 12.8 Å². The summed E-state index contributed by atoms with van der Waals surface area (Å²) in [5, 5.41) is 17.2. The Hall–Kier alpha value is -2.74. The van der Waals surface area contributed by atoms with Crippen molar-refractivity contribution in [2.75, 3.05) is 0 Å². The standard InChI is InChI=1S/C14H11N5/c15-8-12-4-6-14-18-17-13(19(14)10-12)5-3-11-2-1-7-16-9-11/h1-2,4,6-7,9-10H,3,5H2. The van der Waals surface area contributed by atoms with E-state index in [1.54, 1.807) is 24.5 Å². The number of pyridine rings is 2. The molecule has 0 aliphatic carbocycles. The van der Waals surface area contributed by atoms with Crippen molar-refractivity contribution in [3.63, 3.8) is 0 Å². The highest BCUT2D eigenvalue weighted by molar-refractivity contribution is 5.42. The number of hydrogen-bond acceptors (Lipinski definition) is 4. The summed E-state index contributed by atoms with van der Waals surface area (Å²) < 4.78 is 1.87. The molecule has 0 unspecified atom stereocenters. The second kappa shape index (κ2) is 4.86. The first-order valence-corrected chi connectivity index (χ1v) is 5.99. The molecule has 0 saturated heterocycles. The SMILES string of the molecule is N#Cc1ccc2nnc(CCc3cccnc3)n2c1. The van der Waals surface area contributed by atoms with Crippen LogP contribution >= 0.6 is 0 Å². The van der Waals surface area contributed by atoms with Crippen molar-refractivity contribution in [1.82, 2.24) is 19.6 Å². The van der Waals surface area contributed by atoms with Crippen molar-refractivity contribution in [1.29, 1.82) is 5.26 Å². The molecule has 0 aromatic carbocycles. The quantitative estimate of drug-likeness (QED) is 0.709. The summed E-state index contributed by atoms with van der Waals surface area (Å²) >= 11 is 0.